The normalized spacial score (nSPS) is 12.8. The molecule has 5 heteroatoms. The lowest BCUT2D eigenvalue weighted by atomic mass is 9.85. The predicted octanol–water partition coefficient (Wildman–Crippen LogP) is 5.85. The van der Waals surface area contributed by atoms with E-state index in [9.17, 15) is 13.2 Å². The van der Waals surface area contributed by atoms with Crippen molar-refractivity contribution in [3.05, 3.63) is 53.1 Å². The molecule has 0 saturated heterocycles. The van der Waals surface area contributed by atoms with E-state index in [1.54, 1.807) is 18.2 Å². The first-order chi connectivity index (χ1) is 11.6. The fourth-order valence-corrected chi connectivity index (χ4v) is 2.74. The number of alkyl halides is 3. The number of nitrogens with two attached hydrogens (primary N) is 1. The molecular formula is C20H23F3N2. The standard InChI is InChI=1S/C20H23F3N2/c1-5-13-10-16(14-6-8-15(9-7-14)19(2,3)4)17(20(21,22)23)11-18(13)25-12-24/h6-12H,5H2,1-4H3,(H2,24,25). The van der Waals surface area contributed by atoms with E-state index >= 15 is 0 Å². The molecule has 0 radical (unpaired) electrons. The Morgan fingerprint density at radius 1 is 1.04 bits per heavy atom. The molecule has 0 aliphatic carbocycles. The van der Waals surface area contributed by atoms with Crippen molar-refractivity contribution in [2.75, 3.05) is 0 Å². The van der Waals surface area contributed by atoms with Crippen molar-refractivity contribution >= 4 is 12.0 Å². The molecular weight excluding hydrogens is 325 g/mol. The Labute approximate surface area is 146 Å². The third-order valence-corrected chi connectivity index (χ3v) is 4.18. The molecule has 25 heavy (non-hydrogen) atoms. The van der Waals surface area contributed by atoms with Crippen LogP contribution in [0.2, 0.25) is 0 Å². The molecule has 0 aliphatic heterocycles. The minimum absolute atomic E-state index is 0.0559. The molecule has 2 nitrogen and oxygen atoms in total. The Kier molecular flexibility index (Phi) is 5.26. The van der Waals surface area contributed by atoms with Crippen LogP contribution in [0.5, 0.6) is 0 Å². The van der Waals surface area contributed by atoms with Crippen LogP contribution < -0.4 is 5.73 Å². The molecule has 2 aromatic carbocycles. The van der Waals surface area contributed by atoms with Crippen molar-refractivity contribution < 1.29 is 13.2 Å². The maximum atomic E-state index is 13.6. The third kappa shape index (κ3) is 4.21. The third-order valence-electron chi connectivity index (χ3n) is 4.18. The van der Waals surface area contributed by atoms with Gasteiger partial charge in [-0.2, -0.15) is 13.2 Å². The van der Waals surface area contributed by atoms with E-state index in [0.717, 1.165) is 23.5 Å². The van der Waals surface area contributed by atoms with E-state index < -0.39 is 11.7 Å². The topological polar surface area (TPSA) is 38.4 Å². The molecule has 134 valence electrons. The van der Waals surface area contributed by atoms with Gasteiger partial charge in [-0.25, -0.2) is 4.99 Å². The summed E-state index contributed by atoms with van der Waals surface area (Å²) in [6.45, 7) is 8.08. The van der Waals surface area contributed by atoms with E-state index in [-0.39, 0.29) is 16.7 Å². The van der Waals surface area contributed by atoms with Gasteiger partial charge in [-0.3, -0.25) is 0 Å². The first-order valence-electron chi connectivity index (χ1n) is 8.17. The Morgan fingerprint density at radius 3 is 2.08 bits per heavy atom. The van der Waals surface area contributed by atoms with E-state index in [4.69, 9.17) is 5.73 Å². The maximum Gasteiger partial charge on any atom is 0.417 e. The molecule has 2 aromatic rings. The van der Waals surface area contributed by atoms with E-state index in [0.29, 0.717) is 12.0 Å². The van der Waals surface area contributed by atoms with Crippen LogP contribution in [0.3, 0.4) is 0 Å². The summed E-state index contributed by atoms with van der Waals surface area (Å²) < 4.78 is 40.7. The van der Waals surface area contributed by atoms with Crippen molar-refractivity contribution in [3.8, 4) is 11.1 Å². The molecule has 2 rings (SSSR count). The van der Waals surface area contributed by atoms with Crippen molar-refractivity contribution in [3.63, 3.8) is 0 Å². The van der Waals surface area contributed by atoms with Crippen LogP contribution in [0.15, 0.2) is 41.4 Å². The molecule has 0 saturated carbocycles. The number of halogens is 3. The van der Waals surface area contributed by atoms with Crippen LogP contribution in [0.4, 0.5) is 18.9 Å². The second kappa shape index (κ2) is 6.90. The fourth-order valence-electron chi connectivity index (χ4n) is 2.74. The zero-order valence-electron chi connectivity index (χ0n) is 14.9. The molecule has 0 fully saturated rings. The first-order valence-corrected chi connectivity index (χ1v) is 8.17. The van der Waals surface area contributed by atoms with Crippen molar-refractivity contribution in [1.82, 2.24) is 0 Å². The molecule has 2 N–H and O–H groups in total. The smallest absolute Gasteiger partial charge is 0.390 e. The van der Waals surface area contributed by atoms with Crippen LogP contribution in [0, 0.1) is 0 Å². The Morgan fingerprint density at radius 2 is 1.64 bits per heavy atom. The summed E-state index contributed by atoms with van der Waals surface area (Å²) in [6.07, 6.45) is -2.88. The number of aryl methyl sites for hydroxylation is 1. The molecule has 0 heterocycles. The van der Waals surface area contributed by atoms with E-state index in [1.165, 1.54) is 0 Å². The molecule has 0 spiro atoms. The van der Waals surface area contributed by atoms with Gasteiger partial charge in [0, 0.05) is 0 Å². The van der Waals surface area contributed by atoms with Gasteiger partial charge < -0.3 is 5.73 Å². The molecule has 0 amide bonds. The average Bonchev–Trinajstić information content (AvgIpc) is 2.53. The highest BCUT2D eigenvalue weighted by Gasteiger charge is 2.34. The number of hydrogen-bond donors (Lipinski definition) is 1. The van der Waals surface area contributed by atoms with Gasteiger partial charge in [-0.05, 0) is 46.2 Å². The first kappa shape index (κ1) is 19.0. The number of rotatable bonds is 3. The summed E-state index contributed by atoms with van der Waals surface area (Å²) in [6, 6.07) is 9.90. The lowest BCUT2D eigenvalue weighted by Crippen LogP contribution is -2.11. The van der Waals surface area contributed by atoms with Gasteiger partial charge in [0.05, 0.1) is 17.6 Å². The quantitative estimate of drug-likeness (QED) is 0.548. The molecule has 0 aliphatic rings. The molecule has 0 bridgehead atoms. The highest BCUT2D eigenvalue weighted by Crippen LogP contribution is 2.41. The highest BCUT2D eigenvalue weighted by molar-refractivity contribution is 5.74. The second-order valence-corrected chi connectivity index (χ2v) is 6.98. The highest BCUT2D eigenvalue weighted by atomic mass is 19.4. The zero-order chi connectivity index (χ0) is 18.8. The van der Waals surface area contributed by atoms with Gasteiger partial charge in [0.2, 0.25) is 0 Å². The second-order valence-electron chi connectivity index (χ2n) is 6.98. The van der Waals surface area contributed by atoms with Gasteiger partial charge in [-0.1, -0.05) is 52.0 Å². The predicted molar refractivity (Wildman–Crippen MR) is 97.3 cm³/mol. The van der Waals surface area contributed by atoms with Crippen LogP contribution in [-0.4, -0.2) is 6.34 Å². The van der Waals surface area contributed by atoms with Gasteiger partial charge in [-0.15, -0.1) is 0 Å². The van der Waals surface area contributed by atoms with Gasteiger partial charge in [0.1, 0.15) is 0 Å². The summed E-state index contributed by atoms with van der Waals surface area (Å²) in [5, 5.41) is 0. The van der Waals surface area contributed by atoms with Crippen LogP contribution in [0.25, 0.3) is 11.1 Å². The van der Waals surface area contributed by atoms with Crippen LogP contribution in [0.1, 0.15) is 44.4 Å². The lowest BCUT2D eigenvalue weighted by molar-refractivity contribution is -0.137. The molecule has 0 aromatic heterocycles. The fraction of sp³-hybridized carbons (Fsp3) is 0.350. The van der Waals surface area contributed by atoms with E-state index in [1.807, 2.05) is 19.1 Å². The monoisotopic (exact) mass is 348 g/mol. The summed E-state index contributed by atoms with van der Waals surface area (Å²) in [4.78, 5) is 3.89. The van der Waals surface area contributed by atoms with Crippen molar-refractivity contribution in [1.29, 1.82) is 0 Å². The number of nitrogens with zero attached hydrogens (tertiary/aromatic N) is 1. The van der Waals surface area contributed by atoms with Gasteiger partial charge in [0.15, 0.2) is 0 Å². The number of aliphatic imine (C=N–C) groups is 1. The summed E-state index contributed by atoms with van der Waals surface area (Å²) in [5.74, 6) is 0. The maximum absolute atomic E-state index is 13.6. The summed E-state index contributed by atoms with van der Waals surface area (Å²) >= 11 is 0. The van der Waals surface area contributed by atoms with Gasteiger partial charge in [0.25, 0.3) is 0 Å². The van der Waals surface area contributed by atoms with Crippen LogP contribution in [-0.2, 0) is 18.0 Å². The molecule has 0 unspecified atom stereocenters. The number of benzene rings is 2. The zero-order valence-corrected chi connectivity index (χ0v) is 14.9. The summed E-state index contributed by atoms with van der Waals surface area (Å²) in [5.41, 5.74) is 7.29. The SMILES string of the molecule is CCc1cc(-c2ccc(C(C)(C)C)cc2)c(C(F)(F)F)cc1/N=C\N. The van der Waals surface area contributed by atoms with Crippen LogP contribution >= 0.6 is 0 Å². The minimum Gasteiger partial charge on any atom is -0.390 e. The molecule has 0 atom stereocenters. The number of hydrogen-bond acceptors (Lipinski definition) is 1. The minimum atomic E-state index is -4.47. The summed E-state index contributed by atoms with van der Waals surface area (Å²) in [7, 11) is 0. The van der Waals surface area contributed by atoms with E-state index in [2.05, 4.69) is 25.8 Å². The Bertz CT molecular complexity index is 767. The van der Waals surface area contributed by atoms with Crippen molar-refractivity contribution in [2.24, 2.45) is 10.7 Å². The lowest BCUT2D eigenvalue weighted by Gasteiger charge is -2.20. The van der Waals surface area contributed by atoms with Crippen molar-refractivity contribution in [2.45, 2.75) is 45.7 Å². The van der Waals surface area contributed by atoms with Gasteiger partial charge >= 0.3 is 6.18 Å². The Balaban J connectivity index is 2.67. The largest absolute Gasteiger partial charge is 0.417 e. The average molecular weight is 348 g/mol. The Hall–Kier alpha value is -2.30.